The van der Waals surface area contributed by atoms with Crippen molar-refractivity contribution in [3.8, 4) is 0 Å². The van der Waals surface area contributed by atoms with E-state index in [1.165, 1.54) is 4.90 Å². The van der Waals surface area contributed by atoms with Crippen molar-refractivity contribution in [2.45, 2.75) is 46.2 Å². The molecule has 37 heavy (non-hydrogen) atoms. The summed E-state index contributed by atoms with van der Waals surface area (Å²) in [5.41, 5.74) is 2.15. The fourth-order valence-corrected chi connectivity index (χ4v) is 5.14. The van der Waals surface area contributed by atoms with Crippen molar-refractivity contribution in [3.05, 3.63) is 75.8 Å². The number of anilines is 1. The fraction of sp³-hybridized carbons (Fsp3) is 0.345. The third kappa shape index (κ3) is 5.76. The van der Waals surface area contributed by atoms with Crippen LogP contribution in [0.1, 0.15) is 49.5 Å². The maximum Gasteiger partial charge on any atom is 0.258 e. The molecular weight excluding hydrogens is 509 g/mol. The smallest absolute Gasteiger partial charge is 0.258 e. The van der Waals surface area contributed by atoms with Gasteiger partial charge in [0.1, 0.15) is 6.04 Å². The topological polar surface area (TPSA) is 69.7 Å². The fourth-order valence-electron chi connectivity index (χ4n) is 4.62. The minimum absolute atomic E-state index is 0.0552. The number of nitrogens with zero attached hydrogens (tertiary/aromatic N) is 2. The quantitative estimate of drug-likeness (QED) is 0.339. The van der Waals surface area contributed by atoms with Gasteiger partial charge in [0.2, 0.25) is 11.8 Å². The minimum atomic E-state index is -0.718. The van der Waals surface area contributed by atoms with Gasteiger partial charge in [0.15, 0.2) is 0 Å². The predicted octanol–water partition coefficient (Wildman–Crippen LogP) is 6.08. The van der Waals surface area contributed by atoms with E-state index in [0.717, 1.165) is 16.5 Å². The van der Waals surface area contributed by atoms with Crippen molar-refractivity contribution < 1.29 is 14.4 Å². The second-order valence-electron chi connectivity index (χ2n) is 9.78. The van der Waals surface area contributed by atoms with E-state index in [0.29, 0.717) is 40.7 Å². The maximum atomic E-state index is 13.5. The Morgan fingerprint density at radius 3 is 2.30 bits per heavy atom. The van der Waals surface area contributed by atoms with Gasteiger partial charge in [0.25, 0.3) is 5.91 Å². The monoisotopic (exact) mass is 539 g/mol. The molecule has 0 saturated carbocycles. The molecule has 0 fully saturated rings. The lowest BCUT2D eigenvalue weighted by Crippen LogP contribution is -2.48. The summed E-state index contributed by atoms with van der Waals surface area (Å²) in [6.45, 7) is 6.75. The first-order valence-corrected chi connectivity index (χ1v) is 13.3. The maximum absolute atomic E-state index is 13.5. The van der Waals surface area contributed by atoms with Crippen LogP contribution in [0.5, 0.6) is 0 Å². The highest BCUT2D eigenvalue weighted by atomic mass is 35.5. The Labute approximate surface area is 227 Å². The molecule has 0 aliphatic carbocycles. The molecule has 8 heteroatoms. The van der Waals surface area contributed by atoms with Crippen molar-refractivity contribution in [3.63, 3.8) is 0 Å². The highest BCUT2D eigenvalue weighted by Crippen LogP contribution is 2.37. The summed E-state index contributed by atoms with van der Waals surface area (Å²) in [4.78, 5) is 42.7. The number of benzene rings is 3. The first-order valence-electron chi connectivity index (χ1n) is 12.5. The average molecular weight is 540 g/mol. The van der Waals surface area contributed by atoms with Gasteiger partial charge in [-0.1, -0.05) is 67.4 Å². The van der Waals surface area contributed by atoms with E-state index < -0.39 is 6.04 Å². The van der Waals surface area contributed by atoms with E-state index in [-0.39, 0.29) is 36.6 Å². The number of rotatable bonds is 10. The number of nitrogens with one attached hydrogen (secondary N) is 1. The average Bonchev–Trinajstić information content (AvgIpc) is 3.14. The summed E-state index contributed by atoms with van der Waals surface area (Å²) in [6, 6.07) is 16.0. The molecule has 0 aromatic heterocycles. The van der Waals surface area contributed by atoms with E-state index >= 15 is 0 Å². The van der Waals surface area contributed by atoms with Crippen molar-refractivity contribution in [2.24, 2.45) is 5.92 Å². The molecular formula is C29H31Cl2N3O3. The molecule has 1 aliphatic heterocycles. The van der Waals surface area contributed by atoms with Gasteiger partial charge in [-0.2, -0.15) is 0 Å². The largest absolute Gasteiger partial charge is 0.354 e. The van der Waals surface area contributed by atoms with Crippen LogP contribution in [-0.2, 0) is 16.1 Å². The zero-order valence-corrected chi connectivity index (χ0v) is 22.8. The van der Waals surface area contributed by atoms with Gasteiger partial charge in [0.05, 0.1) is 5.69 Å². The zero-order chi connectivity index (χ0) is 26.7. The molecule has 1 aliphatic rings. The van der Waals surface area contributed by atoms with Crippen molar-refractivity contribution >= 4 is 57.4 Å². The van der Waals surface area contributed by atoms with Crippen LogP contribution in [0, 0.1) is 5.92 Å². The van der Waals surface area contributed by atoms with Gasteiger partial charge in [-0.25, -0.2) is 0 Å². The lowest BCUT2D eigenvalue weighted by Gasteiger charge is -2.30. The normalized spacial score (nSPS) is 13.4. The third-order valence-corrected chi connectivity index (χ3v) is 7.37. The highest BCUT2D eigenvalue weighted by molar-refractivity contribution is 6.36. The number of carbonyl (C=O) groups is 3. The molecule has 4 rings (SSSR count). The first kappa shape index (κ1) is 27.0. The van der Waals surface area contributed by atoms with Crippen LogP contribution in [0.3, 0.4) is 0 Å². The SMILES string of the molecule is CC(C)CNC(=O)[C@@H](C)N(Cc1c(Cl)cccc1Cl)C(=O)CCCN1C(=O)c2cccc3cccc1c23. The van der Waals surface area contributed by atoms with Crippen LogP contribution >= 0.6 is 23.2 Å². The van der Waals surface area contributed by atoms with Gasteiger partial charge in [0, 0.05) is 52.6 Å². The van der Waals surface area contributed by atoms with E-state index in [1.54, 1.807) is 30.0 Å². The van der Waals surface area contributed by atoms with E-state index in [2.05, 4.69) is 5.32 Å². The molecule has 0 saturated heterocycles. The Balaban J connectivity index is 1.48. The van der Waals surface area contributed by atoms with Gasteiger partial charge in [-0.05, 0) is 48.9 Å². The molecule has 194 valence electrons. The number of amides is 3. The Hall–Kier alpha value is -3.09. The second-order valence-corrected chi connectivity index (χ2v) is 10.6. The first-order chi connectivity index (χ1) is 17.7. The molecule has 1 atom stereocenters. The molecule has 6 nitrogen and oxygen atoms in total. The van der Waals surface area contributed by atoms with Crippen LogP contribution in [-0.4, -0.2) is 41.8 Å². The van der Waals surface area contributed by atoms with Crippen LogP contribution in [0.2, 0.25) is 10.0 Å². The molecule has 3 aromatic rings. The number of halogens is 2. The molecule has 0 unspecified atom stereocenters. The third-order valence-electron chi connectivity index (χ3n) is 6.66. The number of hydrogen-bond donors (Lipinski definition) is 1. The van der Waals surface area contributed by atoms with Crippen LogP contribution in [0.15, 0.2) is 54.6 Å². The summed E-state index contributed by atoms with van der Waals surface area (Å²) in [6.07, 6.45) is 0.613. The lowest BCUT2D eigenvalue weighted by atomic mass is 10.1. The Morgan fingerprint density at radius 1 is 0.973 bits per heavy atom. The molecule has 0 bridgehead atoms. The standard InChI is InChI=1S/C29H31Cl2N3O3/c1-18(2)16-32-28(36)19(3)34(17-22-23(30)11-6-12-24(22)31)26(35)14-7-15-33-25-13-5-9-20-8-4-10-21(27(20)25)29(33)37/h4-6,8-13,18-19H,7,14-17H2,1-3H3,(H,32,36)/t19-/m1/s1. The van der Waals surface area contributed by atoms with E-state index in [4.69, 9.17) is 23.2 Å². The van der Waals surface area contributed by atoms with Gasteiger partial charge < -0.3 is 15.1 Å². The molecule has 0 spiro atoms. The zero-order valence-electron chi connectivity index (χ0n) is 21.3. The minimum Gasteiger partial charge on any atom is -0.354 e. The van der Waals surface area contributed by atoms with Crippen molar-refractivity contribution in [1.29, 1.82) is 0 Å². The molecule has 1 N–H and O–H groups in total. The number of hydrogen-bond acceptors (Lipinski definition) is 3. The number of carbonyl (C=O) groups excluding carboxylic acids is 3. The van der Waals surface area contributed by atoms with Crippen LogP contribution < -0.4 is 10.2 Å². The predicted molar refractivity (Wildman–Crippen MR) is 149 cm³/mol. The molecule has 3 aromatic carbocycles. The van der Waals surface area contributed by atoms with Crippen LogP contribution in [0.4, 0.5) is 5.69 Å². The van der Waals surface area contributed by atoms with E-state index in [9.17, 15) is 14.4 Å². The summed E-state index contributed by atoms with van der Waals surface area (Å²) in [7, 11) is 0. The van der Waals surface area contributed by atoms with Crippen molar-refractivity contribution in [2.75, 3.05) is 18.0 Å². The van der Waals surface area contributed by atoms with Crippen molar-refractivity contribution in [1.82, 2.24) is 10.2 Å². The second kappa shape index (κ2) is 11.5. The lowest BCUT2D eigenvalue weighted by molar-refractivity contribution is -0.140. The van der Waals surface area contributed by atoms with Gasteiger partial charge in [-0.3, -0.25) is 14.4 Å². The summed E-state index contributed by atoms with van der Waals surface area (Å²) in [5.74, 6) is -0.210. The van der Waals surface area contributed by atoms with Crippen LogP contribution in [0.25, 0.3) is 10.8 Å². The molecule has 1 heterocycles. The Bertz CT molecular complexity index is 1320. The van der Waals surface area contributed by atoms with Gasteiger partial charge >= 0.3 is 0 Å². The summed E-state index contributed by atoms with van der Waals surface area (Å²) < 4.78 is 0. The van der Waals surface area contributed by atoms with Gasteiger partial charge in [-0.15, -0.1) is 0 Å². The summed E-state index contributed by atoms with van der Waals surface area (Å²) >= 11 is 12.8. The Kier molecular flexibility index (Phi) is 8.40. The van der Waals surface area contributed by atoms with E-state index in [1.807, 2.05) is 50.2 Å². The Morgan fingerprint density at radius 2 is 1.62 bits per heavy atom. The highest BCUT2D eigenvalue weighted by Gasteiger charge is 2.31. The summed E-state index contributed by atoms with van der Waals surface area (Å²) in [5, 5.41) is 5.76. The molecule has 0 radical (unpaired) electrons. The molecule has 3 amide bonds.